The number of hydrogen-bond donors (Lipinski definition) is 1. The van der Waals surface area contributed by atoms with Gasteiger partial charge in [-0.05, 0) is 44.0 Å². The maximum absolute atomic E-state index is 12.5. The third-order valence-electron chi connectivity index (χ3n) is 3.27. The van der Waals surface area contributed by atoms with Crippen molar-refractivity contribution in [1.82, 2.24) is 9.55 Å². The molecule has 3 nitrogen and oxygen atoms in total. The summed E-state index contributed by atoms with van der Waals surface area (Å²) in [6, 6.07) is 0. The van der Waals surface area contributed by atoms with Crippen molar-refractivity contribution in [3.05, 3.63) is 37.7 Å². The molecule has 5 heteroatoms. The maximum atomic E-state index is 12.5. The Morgan fingerprint density at radius 1 is 1.56 bits per heavy atom. The SMILES string of the molecule is C=C(C)Cn1c(=S)[nH]c2sc3c(c2c1=O)CCC3. The monoisotopic (exact) mass is 278 g/mol. The number of thiophene rings is 1. The molecule has 0 fully saturated rings. The fraction of sp³-hybridized carbons (Fsp3) is 0.385. The lowest BCUT2D eigenvalue weighted by atomic mass is 10.2. The first kappa shape index (κ1) is 11.9. The van der Waals surface area contributed by atoms with Gasteiger partial charge in [-0.25, -0.2) is 0 Å². The topological polar surface area (TPSA) is 37.8 Å². The minimum absolute atomic E-state index is 0.0381. The van der Waals surface area contributed by atoms with Crippen LogP contribution in [-0.2, 0) is 19.4 Å². The minimum atomic E-state index is 0.0381. The predicted molar refractivity (Wildman–Crippen MR) is 78.1 cm³/mol. The van der Waals surface area contributed by atoms with E-state index in [0.717, 1.165) is 35.1 Å². The smallest absolute Gasteiger partial charge is 0.263 e. The van der Waals surface area contributed by atoms with E-state index in [1.165, 1.54) is 10.4 Å². The van der Waals surface area contributed by atoms with Gasteiger partial charge in [0, 0.05) is 11.4 Å². The van der Waals surface area contributed by atoms with E-state index in [4.69, 9.17) is 12.2 Å². The van der Waals surface area contributed by atoms with Crippen LogP contribution in [-0.4, -0.2) is 9.55 Å². The molecule has 0 saturated carbocycles. The van der Waals surface area contributed by atoms with Crippen LogP contribution in [0, 0.1) is 4.77 Å². The van der Waals surface area contributed by atoms with Crippen LogP contribution < -0.4 is 5.56 Å². The van der Waals surface area contributed by atoms with Crippen molar-refractivity contribution in [1.29, 1.82) is 0 Å². The largest absolute Gasteiger partial charge is 0.323 e. The van der Waals surface area contributed by atoms with Crippen LogP contribution in [0.3, 0.4) is 0 Å². The summed E-state index contributed by atoms with van der Waals surface area (Å²) in [5.41, 5.74) is 2.21. The van der Waals surface area contributed by atoms with Crippen molar-refractivity contribution in [2.75, 3.05) is 0 Å². The number of aryl methyl sites for hydroxylation is 2. The third-order valence-corrected chi connectivity index (χ3v) is 4.80. The zero-order valence-electron chi connectivity index (χ0n) is 10.2. The lowest BCUT2D eigenvalue weighted by Crippen LogP contribution is -2.22. The fourth-order valence-electron chi connectivity index (χ4n) is 2.52. The molecule has 1 N–H and O–H groups in total. The number of fused-ring (bicyclic) bond motifs is 3. The van der Waals surface area contributed by atoms with Crippen LogP contribution in [0.15, 0.2) is 16.9 Å². The Labute approximate surface area is 114 Å². The Balaban J connectivity index is 2.36. The summed E-state index contributed by atoms with van der Waals surface area (Å²) in [4.78, 5) is 18.0. The standard InChI is InChI=1S/C13H14N2OS2/c1-7(2)6-15-12(16)10-8-4-3-5-9(8)18-11(10)14-13(15)17/h1,3-6H2,2H3,(H,14,17). The Hall–Kier alpha value is -1.20. The van der Waals surface area contributed by atoms with Gasteiger partial charge in [0.15, 0.2) is 4.77 Å². The Bertz CT molecular complexity index is 764. The molecule has 2 heterocycles. The zero-order chi connectivity index (χ0) is 12.9. The fourth-order valence-corrected chi connectivity index (χ4v) is 4.12. The second-order valence-electron chi connectivity index (χ2n) is 4.84. The molecule has 0 amide bonds. The van der Waals surface area contributed by atoms with Crippen molar-refractivity contribution in [2.45, 2.75) is 32.7 Å². The predicted octanol–water partition coefficient (Wildman–Crippen LogP) is 3.19. The third kappa shape index (κ3) is 1.69. The average molecular weight is 278 g/mol. The van der Waals surface area contributed by atoms with E-state index in [9.17, 15) is 4.79 Å². The van der Waals surface area contributed by atoms with Gasteiger partial charge < -0.3 is 4.98 Å². The lowest BCUT2D eigenvalue weighted by Gasteiger charge is -2.06. The molecule has 0 radical (unpaired) electrons. The Kier molecular flexibility index (Phi) is 2.75. The summed E-state index contributed by atoms with van der Waals surface area (Å²) >= 11 is 6.95. The molecular formula is C13H14N2OS2. The molecular weight excluding hydrogens is 264 g/mol. The van der Waals surface area contributed by atoms with Crippen LogP contribution in [0.5, 0.6) is 0 Å². The first-order valence-electron chi connectivity index (χ1n) is 5.99. The molecule has 0 unspecified atom stereocenters. The van der Waals surface area contributed by atoms with Gasteiger partial charge in [-0.2, -0.15) is 0 Å². The second kappa shape index (κ2) is 4.17. The van der Waals surface area contributed by atoms with E-state index in [1.807, 2.05) is 6.92 Å². The molecule has 0 spiro atoms. The van der Waals surface area contributed by atoms with Crippen LogP contribution in [0.4, 0.5) is 0 Å². The van der Waals surface area contributed by atoms with Gasteiger partial charge in [0.2, 0.25) is 0 Å². The number of nitrogens with one attached hydrogen (secondary N) is 1. The van der Waals surface area contributed by atoms with E-state index in [0.29, 0.717) is 11.3 Å². The molecule has 1 aliphatic rings. The minimum Gasteiger partial charge on any atom is -0.323 e. The molecule has 0 aromatic carbocycles. The summed E-state index contributed by atoms with van der Waals surface area (Å²) in [7, 11) is 0. The summed E-state index contributed by atoms with van der Waals surface area (Å²) in [6.45, 7) is 6.26. The normalized spacial score (nSPS) is 14.1. The molecule has 18 heavy (non-hydrogen) atoms. The quantitative estimate of drug-likeness (QED) is 0.677. The molecule has 0 saturated heterocycles. The molecule has 0 aliphatic heterocycles. The lowest BCUT2D eigenvalue weighted by molar-refractivity contribution is 0.725. The highest BCUT2D eigenvalue weighted by molar-refractivity contribution is 7.71. The van der Waals surface area contributed by atoms with E-state index >= 15 is 0 Å². The highest BCUT2D eigenvalue weighted by atomic mass is 32.1. The van der Waals surface area contributed by atoms with Crippen LogP contribution >= 0.6 is 23.6 Å². The van der Waals surface area contributed by atoms with Crippen molar-refractivity contribution < 1.29 is 0 Å². The number of allylic oxidation sites excluding steroid dienone is 1. The summed E-state index contributed by atoms with van der Waals surface area (Å²) in [5, 5.41) is 0.849. The summed E-state index contributed by atoms with van der Waals surface area (Å²) in [5.74, 6) is 0. The first-order valence-corrected chi connectivity index (χ1v) is 7.22. The number of aromatic amines is 1. The van der Waals surface area contributed by atoms with Crippen molar-refractivity contribution in [3.8, 4) is 0 Å². The van der Waals surface area contributed by atoms with Gasteiger partial charge >= 0.3 is 0 Å². The Morgan fingerprint density at radius 2 is 2.33 bits per heavy atom. The van der Waals surface area contributed by atoms with Crippen LogP contribution in [0.25, 0.3) is 10.2 Å². The second-order valence-corrected chi connectivity index (χ2v) is 6.33. The summed E-state index contributed by atoms with van der Waals surface area (Å²) in [6.07, 6.45) is 3.27. The summed E-state index contributed by atoms with van der Waals surface area (Å²) < 4.78 is 2.11. The maximum Gasteiger partial charge on any atom is 0.263 e. The molecule has 3 rings (SSSR count). The highest BCUT2D eigenvalue weighted by Crippen LogP contribution is 2.34. The van der Waals surface area contributed by atoms with Crippen molar-refractivity contribution >= 4 is 33.8 Å². The van der Waals surface area contributed by atoms with E-state index < -0.39 is 0 Å². The molecule has 2 aromatic rings. The van der Waals surface area contributed by atoms with E-state index in [1.54, 1.807) is 15.9 Å². The van der Waals surface area contributed by atoms with Gasteiger partial charge in [0.1, 0.15) is 4.83 Å². The number of rotatable bonds is 2. The molecule has 94 valence electrons. The van der Waals surface area contributed by atoms with E-state index in [-0.39, 0.29) is 5.56 Å². The molecule has 2 aromatic heterocycles. The van der Waals surface area contributed by atoms with Crippen molar-refractivity contribution in [3.63, 3.8) is 0 Å². The first-order chi connectivity index (χ1) is 8.58. The average Bonchev–Trinajstić information content (AvgIpc) is 2.83. The van der Waals surface area contributed by atoms with E-state index in [2.05, 4.69) is 11.6 Å². The number of H-pyrrole nitrogens is 1. The van der Waals surface area contributed by atoms with Crippen LogP contribution in [0.1, 0.15) is 23.8 Å². The molecule has 0 atom stereocenters. The van der Waals surface area contributed by atoms with Crippen LogP contribution in [0.2, 0.25) is 0 Å². The number of nitrogens with zero attached hydrogens (tertiary/aromatic N) is 1. The van der Waals surface area contributed by atoms with Gasteiger partial charge in [-0.15, -0.1) is 11.3 Å². The zero-order valence-corrected chi connectivity index (χ0v) is 11.8. The van der Waals surface area contributed by atoms with Crippen molar-refractivity contribution in [2.24, 2.45) is 0 Å². The molecule has 0 bridgehead atoms. The number of aromatic nitrogens is 2. The number of hydrogen-bond acceptors (Lipinski definition) is 3. The van der Waals surface area contributed by atoms with Gasteiger partial charge in [-0.3, -0.25) is 9.36 Å². The highest BCUT2D eigenvalue weighted by Gasteiger charge is 2.21. The molecule has 1 aliphatic carbocycles. The van der Waals surface area contributed by atoms with Gasteiger partial charge in [0.05, 0.1) is 5.39 Å². The Morgan fingerprint density at radius 3 is 3.06 bits per heavy atom. The van der Waals surface area contributed by atoms with Gasteiger partial charge in [-0.1, -0.05) is 12.2 Å². The van der Waals surface area contributed by atoms with Gasteiger partial charge in [0.25, 0.3) is 5.56 Å².